The van der Waals surface area contributed by atoms with Gasteiger partial charge in [-0.25, -0.2) is 27.0 Å². The fourth-order valence-corrected chi connectivity index (χ4v) is 5.44. The zero-order valence-corrected chi connectivity index (χ0v) is 28.9. The second kappa shape index (κ2) is 15.3. The molecule has 2 amide bonds. The lowest BCUT2D eigenvalue weighted by Crippen LogP contribution is -2.38. The van der Waals surface area contributed by atoms with Gasteiger partial charge in [-0.15, -0.1) is 5.10 Å². The highest BCUT2D eigenvalue weighted by Gasteiger charge is 2.29. The summed E-state index contributed by atoms with van der Waals surface area (Å²) in [6, 6.07) is 19.2. The van der Waals surface area contributed by atoms with Gasteiger partial charge in [-0.1, -0.05) is 38.1 Å². The van der Waals surface area contributed by atoms with Crippen LogP contribution in [0.25, 0.3) is 16.8 Å². The molecule has 5 rings (SSSR count). The number of methoxy groups -OCH3 is 1. The second-order valence-corrected chi connectivity index (χ2v) is 13.8. The fourth-order valence-electron chi connectivity index (χ4n) is 4.81. The number of halogens is 1. The number of ether oxygens (including phenoxy) is 3. The van der Waals surface area contributed by atoms with Gasteiger partial charge in [0.1, 0.15) is 17.6 Å². The van der Waals surface area contributed by atoms with Crippen LogP contribution in [-0.4, -0.2) is 67.2 Å². The normalized spacial score (nSPS) is 12.0. The summed E-state index contributed by atoms with van der Waals surface area (Å²) >= 11 is 0. The minimum absolute atomic E-state index is 0.00177. The summed E-state index contributed by atoms with van der Waals surface area (Å²) in [6.45, 7) is 2.71. The number of hydrogen-bond acceptors (Lipinski definition) is 11. The van der Waals surface area contributed by atoms with Crippen LogP contribution >= 0.6 is 0 Å². The second-order valence-electron chi connectivity index (χ2n) is 11.8. The number of nitrogens with one attached hydrogen (secondary N) is 1. The van der Waals surface area contributed by atoms with Crippen molar-refractivity contribution in [3.8, 4) is 16.9 Å². The first kappa shape index (κ1) is 36.4. The molecule has 0 aliphatic rings. The van der Waals surface area contributed by atoms with Gasteiger partial charge in [0, 0.05) is 29.8 Å². The van der Waals surface area contributed by atoms with Crippen LogP contribution in [0.3, 0.4) is 0 Å². The van der Waals surface area contributed by atoms with Crippen LogP contribution in [0.4, 0.5) is 26.5 Å². The molecule has 0 aliphatic heterocycles. The molecule has 0 spiro atoms. The minimum atomic E-state index is -3.63. The Morgan fingerprint density at radius 2 is 1.65 bits per heavy atom. The number of nitrogens with zero attached hydrogens (tertiary/aromatic N) is 4. The topological polar surface area (TPSA) is 185 Å². The lowest BCUT2D eigenvalue weighted by molar-refractivity contribution is -0.154. The SMILES string of the molecule is COc1cc(S(C)(=O)=O)ccc1N(C(=O)OCOC(=O)[C@@H](N)C(C)C)c1nc2ccc(-c3ccc(NC(=O)Cc4ccc(F)cc4)cc3)cn2n1. The number of carbonyl (C=O) groups is 3. The van der Waals surface area contributed by atoms with Crippen molar-refractivity contribution in [3.05, 3.63) is 96.4 Å². The first-order valence-corrected chi connectivity index (χ1v) is 17.4. The molecule has 3 aromatic carbocycles. The standard InChI is InChI=1S/C35H35FN6O8S/c1-21(2)32(37)33(44)49-20-50-35(45)42(28-15-14-27(51(4,46)47)18-29(28)48-3)34-39-30-16-9-24(19-41(30)40-34)23-7-12-26(13-8-23)38-31(43)17-22-5-10-25(36)11-6-22/h5-16,18-19,21,32H,17,20,37H2,1-4H3,(H,38,43)/t32-/m0/s1. The molecule has 5 aromatic rings. The van der Waals surface area contributed by atoms with E-state index in [0.29, 0.717) is 16.9 Å². The summed E-state index contributed by atoms with van der Waals surface area (Å²) < 4.78 is 54.8. The van der Waals surface area contributed by atoms with Crippen molar-refractivity contribution in [2.75, 3.05) is 30.4 Å². The van der Waals surface area contributed by atoms with Crippen LogP contribution < -0.4 is 20.7 Å². The van der Waals surface area contributed by atoms with Crippen molar-refractivity contribution >= 4 is 50.8 Å². The van der Waals surface area contributed by atoms with Crippen LogP contribution in [0.15, 0.2) is 90.0 Å². The number of esters is 1. The Labute approximate surface area is 292 Å². The maximum Gasteiger partial charge on any atom is 0.424 e. The number of aromatic nitrogens is 3. The molecule has 51 heavy (non-hydrogen) atoms. The van der Waals surface area contributed by atoms with E-state index in [-0.39, 0.29) is 46.3 Å². The zero-order chi connectivity index (χ0) is 36.9. The molecule has 16 heteroatoms. The smallest absolute Gasteiger partial charge is 0.424 e. The number of benzene rings is 3. The maximum absolute atomic E-state index is 13.5. The van der Waals surface area contributed by atoms with Gasteiger partial charge < -0.3 is 25.3 Å². The van der Waals surface area contributed by atoms with E-state index in [1.165, 1.54) is 42.0 Å². The number of nitrogens with two attached hydrogens (primary N) is 1. The van der Waals surface area contributed by atoms with Gasteiger partial charge in [0.25, 0.3) is 5.95 Å². The quantitative estimate of drug-likeness (QED) is 0.132. The van der Waals surface area contributed by atoms with Gasteiger partial charge in [-0.3, -0.25) is 9.59 Å². The lowest BCUT2D eigenvalue weighted by Gasteiger charge is -2.21. The first-order valence-electron chi connectivity index (χ1n) is 15.5. The van der Waals surface area contributed by atoms with E-state index in [9.17, 15) is 27.2 Å². The minimum Gasteiger partial charge on any atom is -0.495 e. The van der Waals surface area contributed by atoms with E-state index in [4.69, 9.17) is 19.9 Å². The molecule has 0 saturated carbocycles. The van der Waals surface area contributed by atoms with Gasteiger partial charge in [-0.2, -0.15) is 4.98 Å². The number of pyridine rings is 1. The highest BCUT2D eigenvalue weighted by atomic mass is 32.2. The molecule has 0 radical (unpaired) electrons. The number of rotatable bonds is 12. The Morgan fingerprint density at radius 3 is 2.29 bits per heavy atom. The van der Waals surface area contributed by atoms with Gasteiger partial charge in [0.05, 0.1) is 24.1 Å². The van der Waals surface area contributed by atoms with Crippen molar-refractivity contribution in [2.24, 2.45) is 11.7 Å². The van der Waals surface area contributed by atoms with Crippen molar-refractivity contribution in [1.82, 2.24) is 14.6 Å². The molecule has 3 N–H and O–H groups in total. The van der Waals surface area contributed by atoms with Crippen molar-refractivity contribution in [2.45, 2.75) is 31.2 Å². The van der Waals surface area contributed by atoms with Crippen molar-refractivity contribution in [1.29, 1.82) is 0 Å². The van der Waals surface area contributed by atoms with Gasteiger partial charge in [-0.05, 0) is 65.6 Å². The van der Waals surface area contributed by atoms with Crippen LogP contribution in [0, 0.1) is 11.7 Å². The van der Waals surface area contributed by atoms with E-state index in [1.807, 2.05) is 0 Å². The third kappa shape index (κ3) is 8.84. The summed E-state index contributed by atoms with van der Waals surface area (Å²) in [5, 5.41) is 7.31. The van der Waals surface area contributed by atoms with Gasteiger partial charge >= 0.3 is 12.1 Å². The lowest BCUT2D eigenvalue weighted by atomic mass is 10.1. The molecule has 0 unspecified atom stereocenters. The summed E-state index contributed by atoms with van der Waals surface area (Å²) in [7, 11) is -2.33. The average Bonchev–Trinajstić information content (AvgIpc) is 3.51. The molecule has 266 valence electrons. The average molecular weight is 719 g/mol. The number of anilines is 3. The number of carbonyl (C=O) groups excluding carboxylic acids is 3. The number of sulfone groups is 1. The Kier molecular flexibility index (Phi) is 11.0. The summed E-state index contributed by atoms with van der Waals surface area (Å²) in [5.74, 6) is -1.77. The molecule has 0 fully saturated rings. The molecular formula is C35H35FN6O8S. The molecule has 1 atom stereocenters. The highest BCUT2D eigenvalue weighted by molar-refractivity contribution is 7.90. The molecule has 2 heterocycles. The predicted molar refractivity (Wildman–Crippen MR) is 186 cm³/mol. The van der Waals surface area contributed by atoms with Crippen LogP contribution in [0.5, 0.6) is 5.75 Å². The molecule has 0 aliphatic carbocycles. The van der Waals surface area contributed by atoms with Crippen molar-refractivity contribution < 1.29 is 41.4 Å². The third-order valence-corrected chi connectivity index (χ3v) is 8.79. The summed E-state index contributed by atoms with van der Waals surface area (Å²) in [4.78, 5) is 43.6. The summed E-state index contributed by atoms with van der Waals surface area (Å²) in [5.41, 5.74) is 8.96. The zero-order valence-electron chi connectivity index (χ0n) is 28.1. The maximum atomic E-state index is 13.5. The Morgan fingerprint density at radius 1 is 0.961 bits per heavy atom. The first-order chi connectivity index (χ1) is 24.2. The molecule has 2 aromatic heterocycles. The predicted octanol–water partition coefficient (Wildman–Crippen LogP) is 4.89. The van der Waals surface area contributed by atoms with Crippen molar-refractivity contribution in [3.63, 3.8) is 0 Å². The number of fused-ring (bicyclic) bond motifs is 1. The van der Waals surface area contributed by atoms with E-state index in [0.717, 1.165) is 22.3 Å². The Bertz CT molecular complexity index is 2170. The Hall–Kier alpha value is -5.87. The Balaban J connectivity index is 1.40. The molecule has 14 nitrogen and oxygen atoms in total. The van der Waals surface area contributed by atoms with E-state index in [2.05, 4.69) is 15.4 Å². The fraction of sp³-hybridized carbons (Fsp3) is 0.229. The molecule has 0 bridgehead atoms. The van der Waals surface area contributed by atoms with E-state index < -0.39 is 34.7 Å². The van der Waals surface area contributed by atoms with E-state index in [1.54, 1.807) is 68.6 Å². The number of hydrogen-bond donors (Lipinski definition) is 2. The van der Waals surface area contributed by atoms with Crippen LogP contribution in [0.2, 0.25) is 0 Å². The van der Waals surface area contributed by atoms with Gasteiger partial charge in [0.15, 0.2) is 15.5 Å². The number of amides is 2. The van der Waals surface area contributed by atoms with Crippen LogP contribution in [-0.2, 0) is 35.3 Å². The van der Waals surface area contributed by atoms with Crippen LogP contribution in [0.1, 0.15) is 19.4 Å². The molecule has 0 saturated heterocycles. The third-order valence-electron chi connectivity index (χ3n) is 7.68. The highest BCUT2D eigenvalue weighted by Crippen LogP contribution is 2.35. The molecular weight excluding hydrogens is 683 g/mol. The van der Waals surface area contributed by atoms with Gasteiger partial charge in [0.2, 0.25) is 12.7 Å². The largest absolute Gasteiger partial charge is 0.495 e. The monoisotopic (exact) mass is 718 g/mol. The van der Waals surface area contributed by atoms with E-state index >= 15 is 0 Å². The summed E-state index contributed by atoms with van der Waals surface area (Å²) in [6.07, 6.45) is 1.74.